The van der Waals surface area contributed by atoms with Crippen LogP contribution in [0.15, 0.2) is 67.7 Å². The van der Waals surface area contributed by atoms with E-state index in [-0.39, 0.29) is 16.7 Å². The van der Waals surface area contributed by atoms with Crippen LogP contribution in [0.2, 0.25) is 0 Å². The summed E-state index contributed by atoms with van der Waals surface area (Å²) in [6, 6.07) is 13.4. The molecule has 4 aromatic rings. The molecule has 1 aliphatic rings. The largest absolute Gasteiger partial charge is 0.493 e. The predicted molar refractivity (Wildman–Crippen MR) is 134 cm³/mol. The molecular weight excluding hydrogens is 516 g/mol. The number of aromatic hydroxyl groups is 1. The molecule has 174 valence electrons. The van der Waals surface area contributed by atoms with Gasteiger partial charge < -0.3 is 5.11 Å². The molecule has 0 saturated carbocycles. The standard InChI is InChI=1S/C25H17BrN4O5/c1-12-6-7-14(10-13(12)2)29-22(32)18(21(31)28-25(29)35)11-27-30-23(33)16-5-3-4-15-19(26)9-8-17(20(15)16)24(30)34/h3-11,32H,1-2H3,(H,28,31,35). The number of carbonyl (C=O) groups is 2. The highest BCUT2D eigenvalue weighted by Crippen LogP contribution is 2.34. The highest BCUT2D eigenvalue weighted by molar-refractivity contribution is 9.10. The minimum absolute atomic E-state index is 0.272. The van der Waals surface area contributed by atoms with Crippen LogP contribution in [0, 0.1) is 13.8 Å². The van der Waals surface area contributed by atoms with Gasteiger partial charge in [0.05, 0.1) is 23.0 Å². The molecule has 2 amide bonds. The van der Waals surface area contributed by atoms with E-state index in [4.69, 9.17) is 0 Å². The summed E-state index contributed by atoms with van der Waals surface area (Å²) in [5, 5.41) is 16.6. The van der Waals surface area contributed by atoms with Crippen LogP contribution in [-0.2, 0) is 0 Å². The van der Waals surface area contributed by atoms with E-state index in [0.29, 0.717) is 21.5 Å². The van der Waals surface area contributed by atoms with E-state index in [1.54, 1.807) is 48.5 Å². The van der Waals surface area contributed by atoms with Crippen LogP contribution in [0.25, 0.3) is 16.5 Å². The number of aryl methyl sites for hydroxylation is 2. The third kappa shape index (κ3) is 3.50. The number of aromatic amines is 1. The van der Waals surface area contributed by atoms with Crippen LogP contribution in [0.1, 0.15) is 37.4 Å². The van der Waals surface area contributed by atoms with E-state index in [9.17, 15) is 24.3 Å². The van der Waals surface area contributed by atoms with Crippen molar-refractivity contribution in [3.63, 3.8) is 0 Å². The van der Waals surface area contributed by atoms with Gasteiger partial charge in [0.15, 0.2) is 0 Å². The van der Waals surface area contributed by atoms with Gasteiger partial charge in [-0.2, -0.15) is 10.1 Å². The number of H-pyrrole nitrogens is 1. The van der Waals surface area contributed by atoms with E-state index < -0.39 is 28.9 Å². The second-order valence-corrected chi connectivity index (χ2v) is 8.94. The highest BCUT2D eigenvalue weighted by Gasteiger charge is 2.33. The molecule has 0 fully saturated rings. The summed E-state index contributed by atoms with van der Waals surface area (Å²) in [7, 11) is 0. The number of rotatable bonds is 3. The van der Waals surface area contributed by atoms with Crippen molar-refractivity contribution in [2.24, 2.45) is 5.10 Å². The van der Waals surface area contributed by atoms with Crippen LogP contribution in [-0.4, -0.2) is 37.7 Å². The third-order valence-electron chi connectivity index (χ3n) is 6.00. The van der Waals surface area contributed by atoms with Gasteiger partial charge in [0.2, 0.25) is 5.88 Å². The maximum Gasteiger partial charge on any atom is 0.335 e. The lowest BCUT2D eigenvalue weighted by Gasteiger charge is -2.23. The smallest absolute Gasteiger partial charge is 0.335 e. The lowest BCUT2D eigenvalue weighted by molar-refractivity contribution is 0.0616. The SMILES string of the molecule is Cc1ccc(-n2c(O)c(C=NN3C(=O)c4cccc5c(Br)ccc(c45)C3=O)c(=O)[nH]c2=O)cc1C. The van der Waals surface area contributed by atoms with Gasteiger partial charge in [0.1, 0.15) is 5.56 Å². The molecule has 0 spiro atoms. The number of hydrogen-bond acceptors (Lipinski definition) is 6. The first-order chi connectivity index (χ1) is 16.7. The Morgan fingerprint density at radius 1 is 0.943 bits per heavy atom. The number of nitrogens with one attached hydrogen (secondary N) is 1. The zero-order valence-corrected chi connectivity index (χ0v) is 20.1. The average molecular weight is 533 g/mol. The lowest BCUT2D eigenvalue weighted by Crippen LogP contribution is -2.37. The third-order valence-corrected chi connectivity index (χ3v) is 6.70. The highest BCUT2D eigenvalue weighted by atomic mass is 79.9. The van der Waals surface area contributed by atoms with Crippen molar-refractivity contribution < 1.29 is 14.7 Å². The van der Waals surface area contributed by atoms with Crippen molar-refractivity contribution in [3.05, 3.63) is 102 Å². The number of halogens is 1. The zero-order chi connectivity index (χ0) is 25.0. The van der Waals surface area contributed by atoms with Crippen LogP contribution in [0.5, 0.6) is 5.88 Å². The second-order valence-electron chi connectivity index (χ2n) is 8.09. The molecule has 5 rings (SSSR count). The number of imide groups is 1. The first kappa shape index (κ1) is 22.5. The number of benzene rings is 3. The normalized spacial score (nSPS) is 13.3. The summed E-state index contributed by atoms with van der Waals surface area (Å²) < 4.78 is 1.66. The fourth-order valence-electron chi connectivity index (χ4n) is 4.03. The van der Waals surface area contributed by atoms with Gasteiger partial charge in [-0.3, -0.25) is 19.4 Å². The number of carbonyl (C=O) groups excluding carboxylic acids is 2. The van der Waals surface area contributed by atoms with Crippen molar-refractivity contribution >= 4 is 44.7 Å². The van der Waals surface area contributed by atoms with Gasteiger partial charge in [0, 0.05) is 9.86 Å². The maximum absolute atomic E-state index is 13.1. The Morgan fingerprint density at radius 3 is 2.37 bits per heavy atom. The van der Waals surface area contributed by atoms with Crippen molar-refractivity contribution in [3.8, 4) is 11.6 Å². The molecule has 10 heteroatoms. The molecule has 9 nitrogen and oxygen atoms in total. The van der Waals surface area contributed by atoms with E-state index in [1.165, 1.54) is 0 Å². The number of hydrogen-bond donors (Lipinski definition) is 2. The monoisotopic (exact) mass is 532 g/mol. The molecule has 2 heterocycles. The lowest BCUT2D eigenvalue weighted by atomic mass is 9.95. The Kier molecular flexibility index (Phi) is 5.25. The van der Waals surface area contributed by atoms with E-state index >= 15 is 0 Å². The molecule has 0 atom stereocenters. The Labute approximate surface area is 206 Å². The van der Waals surface area contributed by atoms with Gasteiger partial charge in [0.25, 0.3) is 17.4 Å². The average Bonchev–Trinajstić information content (AvgIpc) is 2.82. The van der Waals surface area contributed by atoms with E-state index in [2.05, 4.69) is 26.0 Å². The fraction of sp³-hybridized carbons (Fsp3) is 0.0800. The molecule has 2 N–H and O–H groups in total. The van der Waals surface area contributed by atoms with Crippen LogP contribution < -0.4 is 11.2 Å². The minimum Gasteiger partial charge on any atom is -0.493 e. The van der Waals surface area contributed by atoms with E-state index in [0.717, 1.165) is 26.4 Å². The zero-order valence-electron chi connectivity index (χ0n) is 18.5. The van der Waals surface area contributed by atoms with Gasteiger partial charge in [-0.05, 0) is 60.7 Å². The second kappa shape index (κ2) is 8.17. The molecule has 1 aliphatic heterocycles. The number of hydrazone groups is 1. The fourth-order valence-corrected chi connectivity index (χ4v) is 4.49. The number of nitrogens with zero attached hydrogens (tertiary/aromatic N) is 3. The summed E-state index contributed by atoms with van der Waals surface area (Å²) in [4.78, 5) is 53.3. The van der Waals surface area contributed by atoms with E-state index in [1.807, 2.05) is 13.8 Å². The first-order valence-electron chi connectivity index (χ1n) is 10.5. The molecule has 1 aromatic heterocycles. The summed E-state index contributed by atoms with van der Waals surface area (Å²) >= 11 is 3.43. The summed E-state index contributed by atoms with van der Waals surface area (Å²) in [6.45, 7) is 3.75. The molecular formula is C25H17BrN4O5. The summed E-state index contributed by atoms with van der Waals surface area (Å²) in [6.07, 6.45) is 0.894. The van der Waals surface area contributed by atoms with Crippen LogP contribution in [0.4, 0.5) is 0 Å². The van der Waals surface area contributed by atoms with Gasteiger partial charge in [-0.25, -0.2) is 9.36 Å². The Bertz CT molecular complexity index is 1710. The molecule has 0 aliphatic carbocycles. The Balaban J connectivity index is 1.61. The van der Waals surface area contributed by atoms with Gasteiger partial charge in [-0.1, -0.05) is 34.1 Å². The molecule has 35 heavy (non-hydrogen) atoms. The maximum atomic E-state index is 13.1. The molecule has 0 bridgehead atoms. The van der Waals surface area contributed by atoms with Crippen molar-refractivity contribution in [2.45, 2.75) is 13.8 Å². The van der Waals surface area contributed by atoms with Gasteiger partial charge >= 0.3 is 5.69 Å². The predicted octanol–water partition coefficient (Wildman–Crippen LogP) is 3.39. The Morgan fingerprint density at radius 2 is 1.66 bits per heavy atom. The Hall–Kier alpha value is -4.31. The van der Waals surface area contributed by atoms with Crippen molar-refractivity contribution in [2.75, 3.05) is 0 Å². The molecule has 3 aromatic carbocycles. The molecule has 0 radical (unpaired) electrons. The van der Waals surface area contributed by atoms with Crippen LogP contribution in [0.3, 0.4) is 0 Å². The number of aromatic nitrogens is 2. The van der Waals surface area contributed by atoms with Crippen LogP contribution >= 0.6 is 15.9 Å². The quantitative estimate of drug-likeness (QED) is 0.309. The molecule has 0 unspecified atom stereocenters. The van der Waals surface area contributed by atoms with Crippen molar-refractivity contribution in [1.82, 2.24) is 14.6 Å². The minimum atomic E-state index is -0.917. The summed E-state index contributed by atoms with van der Waals surface area (Å²) in [5.74, 6) is -2.03. The topological polar surface area (TPSA) is 125 Å². The first-order valence-corrected chi connectivity index (χ1v) is 11.3. The summed E-state index contributed by atoms with van der Waals surface area (Å²) in [5.41, 5.74) is 0.587. The number of amides is 2. The molecule has 0 saturated heterocycles. The van der Waals surface area contributed by atoms with Gasteiger partial charge in [-0.15, -0.1) is 0 Å². The van der Waals surface area contributed by atoms with Crippen molar-refractivity contribution in [1.29, 1.82) is 0 Å².